The topological polar surface area (TPSA) is 66.8 Å². The molecule has 1 heterocycles. The standard InChI is InChI=1S/C6H10O4/c7-4-1-2-6(9)10-3-5(4)8/h4-5,7-8H,1-3H2. The molecule has 0 radical (unpaired) electrons. The van der Waals surface area contributed by atoms with Crippen molar-refractivity contribution >= 4 is 5.97 Å². The summed E-state index contributed by atoms with van der Waals surface area (Å²) in [4.78, 5) is 10.5. The second-order valence-corrected chi connectivity index (χ2v) is 2.36. The predicted octanol–water partition coefficient (Wildman–Crippen LogP) is -0.955. The minimum atomic E-state index is -0.911. The number of carbonyl (C=O) groups excluding carboxylic acids is 1. The first-order valence-corrected chi connectivity index (χ1v) is 3.22. The van der Waals surface area contributed by atoms with Crippen molar-refractivity contribution in [1.82, 2.24) is 0 Å². The maximum absolute atomic E-state index is 10.5. The van der Waals surface area contributed by atoms with Gasteiger partial charge in [0.2, 0.25) is 0 Å². The first kappa shape index (κ1) is 7.50. The van der Waals surface area contributed by atoms with Gasteiger partial charge >= 0.3 is 5.97 Å². The molecule has 0 amide bonds. The molecule has 58 valence electrons. The molecule has 1 rings (SSSR count). The van der Waals surface area contributed by atoms with Crippen LogP contribution in [0.4, 0.5) is 0 Å². The SMILES string of the molecule is O=C1CCC(O)C(O)CO1. The van der Waals surface area contributed by atoms with Gasteiger partial charge in [0, 0.05) is 6.42 Å². The number of hydrogen-bond donors (Lipinski definition) is 2. The second-order valence-electron chi connectivity index (χ2n) is 2.36. The molecule has 0 aromatic rings. The van der Waals surface area contributed by atoms with Crippen molar-refractivity contribution in [3.63, 3.8) is 0 Å². The van der Waals surface area contributed by atoms with E-state index in [1.54, 1.807) is 0 Å². The van der Waals surface area contributed by atoms with E-state index >= 15 is 0 Å². The highest BCUT2D eigenvalue weighted by atomic mass is 16.5. The van der Waals surface area contributed by atoms with E-state index in [4.69, 9.17) is 10.2 Å². The van der Waals surface area contributed by atoms with E-state index < -0.39 is 12.2 Å². The van der Waals surface area contributed by atoms with Crippen LogP contribution in [0.2, 0.25) is 0 Å². The summed E-state index contributed by atoms with van der Waals surface area (Å²) in [6, 6.07) is 0. The van der Waals surface area contributed by atoms with Crippen LogP contribution in [0.1, 0.15) is 12.8 Å². The third-order valence-electron chi connectivity index (χ3n) is 1.50. The summed E-state index contributed by atoms with van der Waals surface area (Å²) < 4.78 is 4.54. The summed E-state index contributed by atoms with van der Waals surface area (Å²) >= 11 is 0. The minimum absolute atomic E-state index is 0.0833. The lowest BCUT2D eigenvalue weighted by Gasteiger charge is -2.10. The van der Waals surface area contributed by atoms with Gasteiger partial charge in [-0.05, 0) is 6.42 Å². The van der Waals surface area contributed by atoms with E-state index in [-0.39, 0.29) is 19.0 Å². The lowest BCUT2D eigenvalue weighted by atomic mass is 10.1. The Bertz CT molecular complexity index is 120. The Balaban J connectivity index is 2.46. The van der Waals surface area contributed by atoms with Crippen LogP contribution in [0, 0.1) is 0 Å². The first-order valence-electron chi connectivity index (χ1n) is 3.22. The third kappa shape index (κ3) is 1.68. The van der Waals surface area contributed by atoms with Crippen LogP contribution in [0.3, 0.4) is 0 Å². The molecule has 2 atom stereocenters. The van der Waals surface area contributed by atoms with Gasteiger partial charge in [-0.15, -0.1) is 0 Å². The molecule has 2 unspecified atom stereocenters. The monoisotopic (exact) mass is 146 g/mol. The smallest absolute Gasteiger partial charge is 0.305 e. The molecule has 0 spiro atoms. The van der Waals surface area contributed by atoms with Gasteiger partial charge < -0.3 is 14.9 Å². The fourth-order valence-corrected chi connectivity index (χ4v) is 0.820. The molecule has 0 saturated carbocycles. The van der Waals surface area contributed by atoms with Crippen molar-refractivity contribution in [2.24, 2.45) is 0 Å². The van der Waals surface area contributed by atoms with Gasteiger partial charge in [0.15, 0.2) is 0 Å². The Morgan fingerprint density at radius 3 is 2.80 bits per heavy atom. The van der Waals surface area contributed by atoms with E-state index in [9.17, 15) is 4.79 Å². The van der Waals surface area contributed by atoms with E-state index in [1.165, 1.54) is 0 Å². The largest absolute Gasteiger partial charge is 0.463 e. The first-order chi connectivity index (χ1) is 4.70. The van der Waals surface area contributed by atoms with E-state index in [0.29, 0.717) is 6.42 Å². The highest BCUT2D eigenvalue weighted by molar-refractivity contribution is 5.69. The predicted molar refractivity (Wildman–Crippen MR) is 32.2 cm³/mol. The van der Waals surface area contributed by atoms with Gasteiger partial charge in [0.05, 0.1) is 6.10 Å². The summed E-state index contributed by atoms with van der Waals surface area (Å²) in [5.74, 6) is -0.351. The molecule has 0 bridgehead atoms. The average molecular weight is 146 g/mol. The molecule has 1 aliphatic heterocycles. The maximum Gasteiger partial charge on any atom is 0.305 e. The fraction of sp³-hybridized carbons (Fsp3) is 0.833. The molecular formula is C6H10O4. The summed E-state index contributed by atoms with van der Waals surface area (Å²) in [7, 11) is 0. The Morgan fingerprint density at radius 1 is 1.40 bits per heavy atom. The quantitative estimate of drug-likeness (QED) is 0.432. The molecule has 10 heavy (non-hydrogen) atoms. The third-order valence-corrected chi connectivity index (χ3v) is 1.50. The summed E-state index contributed by atoms with van der Waals surface area (Å²) in [6.45, 7) is -0.0833. The number of cyclic esters (lactones) is 1. The zero-order valence-corrected chi connectivity index (χ0v) is 5.49. The molecule has 1 saturated heterocycles. The van der Waals surface area contributed by atoms with E-state index in [2.05, 4.69) is 4.74 Å². The van der Waals surface area contributed by atoms with Gasteiger partial charge in [0.1, 0.15) is 12.7 Å². The Morgan fingerprint density at radius 2 is 2.10 bits per heavy atom. The summed E-state index contributed by atoms with van der Waals surface area (Å²) in [5, 5.41) is 17.9. The van der Waals surface area contributed by atoms with Crippen LogP contribution >= 0.6 is 0 Å². The highest BCUT2D eigenvalue weighted by Crippen LogP contribution is 2.08. The maximum atomic E-state index is 10.5. The van der Waals surface area contributed by atoms with E-state index in [0.717, 1.165) is 0 Å². The summed E-state index contributed by atoms with van der Waals surface area (Å²) in [5.41, 5.74) is 0. The van der Waals surface area contributed by atoms with Crippen LogP contribution in [0.25, 0.3) is 0 Å². The van der Waals surface area contributed by atoms with Crippen molar-refractivity contribution in [1.29, 1.82) is 0 Å². The molecular weight excluding hydrogens is 136 g/mol. The number of carbonyl (C=O) groups is 1. The van der Waals surface area contributed by atoms with Crippen LogP contribution in [0.15, 0.2) is 0 Å². The Kier molecular flexibility index (Phi) is 2.24. The molecule has 4 heteroatoms. The van der Waals surface area contributed by atoms with Crippen molar-refractivity contribution in [3.05, 3.63) is 0 Å². The van der Waals surface area contributed by atoms with Crippen LogP contribution < -0.4 is 0 Å². The number of ether oxygens (including phenoxy) is 1. The number of aliphatic hydroxyl groups is 2. The summed E-state index contributed by atoms with van der Waals surface area (Å²) in [6.07, 6.45) is -1.24. The molecule has 0 aromatic heterocycles. The Hall–Kier alpha value is -0.610. The molecule has 1 aliphatic rings. The van der Waals surface area contributed by atoms with Gasteiger partial charge in [-0.1, -0.05) is 0 Å². The molecule has 0 aromatic carbocycles. The lowest BCUT2D eigenvalue weighted by Crippen LogP contribution is -2.27. The molecule has 1 fully saturated rings. The zero-order valence-electron chi connectivity index (χ0n) is 5.49. The van der Waals surface area contributed by atoms with Crippen LogP contribution in [0.5, 0.6) is 0 Å². The van der Waals surface area contributed by atoms with Crippen molar-refractivity contribution in [2.75, 3.05) is 6.61 Å². The zero-order chi connectivity index (χ0) is 7.56. The normalized spacial score (nSPS) is 34.8. The van der Waals surface area contributed by atoms with Gasteiger partial charge in [-0.25, -0.2) is 0 Å². The highest BCUT2D eigenvalue weighted by Gasteiger charge is 2.23. The van der Waals surface area contributed by atoms with Gasteiger partial charge in [-0.2, -0.15) is 0 Å². The number of esters is 1. The van der Waals surface area contributed by atoms with Crippen molar-refractivity contribution in [3.8, 4) is 0 Å². The molecule has 0 aliphatic carbocycles. The van der Waals surface area contributed by atoms with E-state index in [1.807, 2.05) is 0 Å². The van der Waals surface area contributed by atoms with Crippen molar-refractivity contribution < 1.29 is 19.7 Å². The number of hydrogen-bond acceptors (Lipinski definition) is 4. The Labute approximate surface area is 58.4 Å². The fourth-order valence-electron chi connectivity index (χ4n) is 0.820. The molecule has 2 N–H and O–H groups in total. The van der Waals surface area contributed by atoms with Crippen LogP contribution in [-0.4, -0.2) is 35.0 Å². The van der Waals surface area contributed by atoms with Crippen LogP contribution in [-0.2, 0) is 9.53 Å². The second kappa shape index (κ2) is 2.98. The number of aliphatic hydroxyl groups excluding tert-OH is 2. The molecule has 4 nitrogen and oxygen atoms in total. The number of rotatable bonds is 0. The average Bonchev–Trinajstić information content (AvgIpc) is 2.04. The minimum Gasteiger partial charge on any atom is -0.463 e. The lowest BCUT2D eigenvalue weighted by molar-refractivity contribution is -0.145. The van der Waals surface area contributed by atoms with Crippen molar-refractivity contribution in [2.45, 2.75) is 25.0 Å². The van der Waals surface area contributed by atoms with Gasteiger partial charge in [0.25, 0.3) is 0 Å². The van der Waals surface area contributed by atoms with Gasteiger partial charge in [-0.3, -0.25) is 4.79 Å².